The minimum atomic E-state index is -0.514. The number of rotatable bonds is 4. The van der Waals surface area contributed by atoms with Crippen molar-refractivity contribution in [3.8, 4) is 0 Å². The van der Waals surface area contributed by atoms with Crippen molar-refractivity contribution in [1.82, 2.24) is 5.06 Å². The van der Waals surface area contributed by atoms with E-state index in [9.17, 15) is 9.59 Å². The fourth-order valence-electron chi connectivity index (χ4n) is 0.659. The largest absolute Gasteiger partial charge is 0.297 e. The SMILES string of the molecule is CCC(C)(C)C(=O)CN(O)C(C)=O. The van der Waals surface area contributed by atoms with Crippen molar-refractivity contribution in [3.05, 3.63) is 0 Å². The third-order valence-electron chi connectivity index (χ3n) is 2.30. The highest BCUT2D eigenvalue weighted by Crippen LogP contribution is 2.20. The molecule has 0 saturated heterocycles. The molecule has 76 valence electrons. The molecule has 1 N–H and O–H groups in total. The molecule has 4 nitrogen and oxygen atoms in total. The van der Waals surface area contributed by atoms with Gasteiger partial charge >= 0.3 is 0 Å². The Kier molecular flexibility index (Phi) is 4.07. The number of carbonyl (C=O) groups is 2. The van der Waals surface area contributed by atoms with Crippen LogP contribution in [0.1, 0.15) is 34.1 Å². The Morgan fingerprint density at radius 2 is 1.85 bits per heavy atom. The van der Waals surface area contributed by atoms with E-state index >= 15 is 0 Å². The van der Waals surface area contributed by atoms with Gasteiger partial charge in [-0.1, -0.05) is 20.8 Å². The van der Waals surface area contributed by atoms with Crippen LogP contribution in [0, 0.1) is 5.41 Å². The summed E-state index contributed by atoms with van der Waals surface area (Å²) in [5, 5.41) is 9.46. The summed E-state index contributed by atoms with van der Waals surface area (Å²) in [6.07, 6.45) is 0.692. The number of ketones is 1. The zero-order valence-electron chi connectivity index (χ0n) is 8.63. The average molecular weight is 187 g/mol. The molecular weight excluding hydrogens is 170 g/mol. The van der Waals surface area contributed by atoms with E-state index in [0.717, 1.165) is 0 Å². The standard InChI is InChI=1S/C9H17NO3/c1-5-9(3,4)8(12)6-10(13)7(2)11/h13H,5-6H2,1-4H3. The van der Waals surface area contributed by atoms with Crippen molar-refractivity contribution < 1.29 is 14.8 Å². The second kappa shape index (κ2) is 4.37. The van der Waals surface area contributed by atoms with Crippen LogP contribution in [0.5, 0.6) is 0 Å². The molecule has 0 radical (unpaired) electrons. The molecule has 0 unspecified atom stereocenters. The van der Waals surface area contributed by atoms with Crippen molar-refractivity contribution in [3.63, 3.8) is 0 Å². The molecule has 0 spiro atoms. The lowest BCUT2D eigenvalue weighted by molar-refractivity contribution is -0.167. The van der Waals surface area contributed by atoms with Crippen molar-refractivity contribution in [2.45, 2.75) is 34.1 Å². The minimum Gasteiger partial charge on any atom is -0.297 e. The summed E-state index contributed by atoms with van der Waals surface area (Å²) in [4.78, 5) is 22.1. The number of carbonyl (C=O) groups excluding carboxylic acids is 2. The first-order valence-electron chi connectivity index (χ1n) is 4.31. The number of amides is 1. The molecule has 0 aliphatic heterocycles. The van der Waals surface area contributed by atoms with Gasteiger partial charge in [0.2, 0.25) is 5.91 Å². The lowest BCUT2D eigenvalue weighted by Gasteiger charge is -2.23. The van der Waals surface area contributed by atoms with Gasteiger partial charge in [0.05, 0.1) is 0 Å². The molecule has 0 aromatic carbocycles. The van der Waals surface area contributed by atoms with Crippen molar-refractivity contribution in [2.24, 2.45) is 5.41 Å². The van der Waals surface area contributed by atoms with Gasteiger partial charge in [-0.15, -0.1) is 0 Å². The zero-order valence-corrected chi connectivity index (χ0v) is 8.63. The van der Waals surface area contributed by atoms with E-state index in [4.69, 9.17) is 5.21 Å². The lowest BCUT2D eigenvalue weighted by atomic mass is 9.85. The Hall–Kier alpha value is -0.900. The van der Waals surface area contributed by atoms with Crippen LogP contribution < -0.4 is 0 Å². The number of Topliss-reactive ketones (excluding diaryl/α,β-unsaturated/α-hetero) is 1. The van der Waals surface area contributed by atoms with E-state index in [1.165, 1.54) is 6.92 Å². The Balaban J connectivity index is 4.23. The Morgan fingerprint density at radius 3 is 2.15 bits per heavy atom. The molecule has 0 aliphatic rings. The maximum absolute atomic E-state index is 11.5. The summed E-state index contributed by atoms with van der Waals surface area (Å²) in [5.74, 6) is -0.645. The van der Waals surface area contributed by atoms with Crippen LogP contribution in [0.25, 0.3) is 0 Å². The van der Waals surface area contributed by atoms with Crippen LogP contribution >= 0.6 is 0 Å². The molecule has 0 atom stereocenters. The smallest absolute Gasteiger partial charge is 0.243 e. The molecule has 13 heavy (non-hydrogen) atoms. The van der Waals surface area contributed by atoms with E-state index in [0.29, 0.717) is 11.5 Å². The van der Waals surface area contributed by atoms with Crippen LogP contribution in [0.15, 0.2) is 0 Å². The first-order chi connectivity index (χ1) is 5.81. The second-order valence-corrected chi connectivity index (χ2v) is 3.74. The molecule has 0 aliphatic carbocycles. The Morgan fingerprint density at radius 1 is 1.38 bits per heavy atom. The zero-order chi connectivity index (χ0) is 10.6. The topological polar surface area (TPSA) is 57.6 Å². The molecule has 0 bridgehead atoms. The molecule has 0 fully saturated rings. The monoisotopic (exact) mass is 187 g/mol. The van der Waals surface area contributed by atoms with E-state index in [-0.39, 0.29) is 12.3 Å². The molecule has 4 heteroatoms. The van der Waals surface area contributed by atoms with Crippen LogP contribution in [0.3, 0.4) is 0 Å². The summed E-state index contributed by atoms with van der Waals surface area (Å²) in [6, 6.07) is 0. The predicted octanol–water partition coefficient (Wildman–Crippen LogP) is 1.23. The lowest BCUT2D eigenvalue weighted by Crippen LogP contribution is -2.37. The van der Waals surface area contributed by atoms with Gasteiger partial charge in [-0.3, -0.25) is 14.8 Å². The highest BCUT2D eigenvalue weighted by molar-refractivity contribution is 5.88. The molecule has 0 saturated carbocycles. The van der Waals surface area contributed by atoms with Crippen molar-refractivity contribution in [2.75, 3.05) is 6.54 Å². The van der Waals surface area contributed by atoms with E-state index in [1.54, 1.807) is 13.8 Å². The van der Waals surface area contributed by atoms with Gasteiger partial charge in [0, 0.05) is 12.3 Å². The third-order valence-corrected chi connectivity index (χ3v) is 2.30. The maximum atomic E-state index is 11.5. The number of nitrogens with zero attached hydrogens (tertiary/aromatic N) is 1. The first-order valence-corrected chi connectivity index (χ1v) is 4.31. The molecule has 0 aromatic rings. The normalized spacial score (nSPS) is 11.2. The molecule has 0 rings (SSSR count). The quantitative estimate of drug-likeness (QED) is 0.532. The van der Waals surface area contributed by atoms with Crippen LogP contribution in [-0.2, 0) is 9.59 Å². The number of hydroxylamine groups is 2. The van der Waals surface area contributed by atoms with Gasteiger partial charge in [-0.25, -0.2) is 5.06 Å². The highest BCUT2D eigenvalue weighted by atomic mass is 16.5. The van der Waals surface area contributed by atoms with Gasteiger partial charge in [-0.05, 0) is 6.42 Å². The van der Waals surface area contributed by atoms with Gasteiger partial charge in [0.15, 0.2) is 5.78 Å². The average Bonchev–Trinajstić information content (AvgIpc) is 2.04. The number of hydrogen-bond donors (Lipinski definition) is 1. The van der Waals surface area contributed by atoms with Crippen LogP contribution in [-0.4, -0.2) is 28.5 Å². The van der Waals surface area contributed by atoms with Gasteiger partial charge in [0.25, 0.3) is 0 Å². The van der Waals surface area contributed by atoms with E-state index in [2.05, 4.69) is 0 Å². The van der Waals surface area contributed by atoms with Gasteiger partial charge < -0.3 is 0 Å². The first kappa shape index (κ1) is 12.1. The van der Waals surface area contributed by atoms with Crippen molar-refractivity contribution >= 4 is 11.7 Å². The van der Waals surface area contributed by atoms with Gasteiger partial charge in [-0.2, -0.15) is 0 Å². The number of hydrogen-bond acceptors (Lipinski definition) is 3. The fourth-order valence-corrected chi connectivity index (χ4v) is 0.659. The van der Waals surface area contributed by atoms with E-state index in [1.807, 2.05) is 6.92 Å². The summed E-state index contributed by atoms with van der Waals surface area (Å²) >= 11 is 0. The molecular formula is C9H17NO3. The summed E-state index contributed by atoms with van der Waals surface area (Å²) in [5.41, 5.74) is -0.476. The van der Waals surface area contributed by atoms with Gasteiger partial charge in [0.1, 0.15) is 6.54 Å². The molecule has 0 heterocycles. The highest BCUT2D eigenvalue weighted by Gasteiger charge is 2.27. The summed E-state index contributed by atoms with van der Waals surface area (Å²) < 4.78 is 0. The molecule has 1 amide bonds. The van der Waals surface area contributed by atoms with Crippen LogP contribution in [0.2, 0.25) is 0 Å². The Bertz CT molecular complexity index is 211. The van der Waals surface area contributed by atoms with Crippen LogP contribution in [0.4, 0.5) is 0 Å². The second-order valence-electron chi connectivity index (χ2n) is 3.74. The predicted molar refractivity (Wildman–Crippen MR) is 48.3 cm³/mol. The Labute approximate surface area is 78.5 Å². The third kappa shape index (κ3) is 3.55. The summed E-state index contributed by atoms with van der Waals surface area (Å²) in [7, 11) is 0. The maximum Gasteiger partial charge on any atom is 0.243 e. The minimum absolute atomic E-state index is 0.132. The van der Waals surface area contributed by atoms with E-state index < -0.39 is 11.3 Å². The summed E-state index contributed by atoms with van der Waals surface area (Å²) in [6.45, 7) is 6.47. The fraction of sp³-hybridized carbons (Fsp3) is 0.778. The van der Waals surface area contributed by atoms with Crippen molar-refractivity contribution in [1.29, 1.82) is 0 Å². The molecule has 0 aromatic heterocycles.